The molecule has 3 aliphatic carbocycles. The van der Waals surface area contributed by atoms with Gasteiger partial charge in [-0.3, -0.25) is 38.4 Å². The average molecular weight is 955 g/mol. The summed E-state index contributed by atoms with van der Waals surface area (Å²) in [4.78, 5) is 106. The van der Waals surface area contributed by atoms with Crippen LogP contribution in [-0.4, -0.2) is 116 Å². The monoisotopic (exact) mass is 955 g/mol. The molecule has 8 amide bonds. The number of hydrogen-bond donors (Lipinski definition) is 10. The Morgan fingerprint density at radius 1 is 0.609 bits per heavy atom. The summed E-state index contributed by atoms with van der Waals surface area (Å²) in [5.74, 6) is -4.93. The second-order valence-electron chi connectivity index (χ2n) is 20.7. The van der Waals surface area contributed by atoms with E-state index in [0.29, 0.717) is 77.5 Å². The maximum Gasteiger partial charge on any atom is 0.226 e. The topological polar surface area (TPSA) is 271 Å². The third-order valence-corrected chi connectivity index (χ3v) is 15.1. The van der Waals surface area contributed by atoms with E-state index < -0.39 is 65.6 Å². The Hall–Kier alpha value is -5.62. The van der Waals surface area contributed by atoms with Crippen LogP contribution in [0.4, 0.5) is 0 Å². The molecule has 69 heavy (non-hydrogen) atoms. The lowest BCUT2D eigenvalue weighted by Gasteiger charge is -2.28. The van der Waals surface area contributed by atoms with Crippen molar-refractivity contribution in [1.82, 2.24) is 47.9 Å². The summed E-state index contributed by atoms with van der Waals surface area (Å²) < 4.78 is 0. The van der Waals surface area contributed by atoms with Crippen LogP contribution in [0.15, 0.2) is 42.5 Å². The summed E-state index contributed by atoms with van der Waals surface area (Å²) in [6, 6.07) is 11.6. The number of primary amides is 1. The first-order valence-electron chi connectivity index (χ1n) is 25.4. The molecule has 0 radical (unpaired) electrons. The van der Waals surface area contributed by atoms with Crippen molar-refractivity contribution in [2.24, 2.45) is 47.2 Å². The van der Waals surface area contributed by atoms with E-state index >= 15 is 0 Å². The Morgan fingerprint density at radius 2 is 1.17 bits per heavy atom. The fraction of sp³-hybridized carbons (Fsp3) is 0.647. The van der Waals surface area contributed by atoms with E-state index in [-0.39, 0.29) is 72.3 Å². The van der Waals surface area contributed by atoms with Gasteiger partial charge in [-0.05, 0) is 73.6 Å². The highest BCUT2D eigenvalue weighted by Gasteiger charge is 2.42. The van der Waals surface area contributed by atoms with Crippen LogP contribution in [0, 0.1) is 41.4 Å². The van der Waals surface area contributed by atoms with Crippen LogP contribution in [0.3, 0.4) is 0 Å². The molecule has 2 aliphatic heterocycles. The third-order valence-electron chi connectivity index (χ3n) is 15.1. The lowest BCUT2D eigenvalue weighted by molar-refractivity contribution is -0.131. The second kappa shape index (κ2) is 23.8. The number of hydrogen-bond acceptors (Lipinski definition) is 10. The van der Waals surface area contributed by atoms with Crippen molar-refractivity contribution in [3.05, 3.63) is 48.0 Å². The largest absolute Gasteiger partial charge is 0.369 e. The molecule has 376 valence electrons. The van der Waals surface area contributed by atoms with Gasteiger partial charge in [-0.1, -0.05) is 75.6 Å². The molecule has 3 saturated carbocycles. The predicted octanol–water partition coefficient (Wildman–Crippen LogP) is 0.804. The molecule has 18 heteroatoms. The number of nitrogens with two attached hydrogens (primary N) is 1. The molecular formula is C51H74N10O8. The summed E-state index contributed by atoms with van der Waals surface area (Å²) in [5.41, 5.74) is 6.52. The Balaban J connectivity index is 0.923. The van der Waals surface area contributed by atoms with Gasteiger partial charge in [-0.2, -0.15) is 0 Å². The van der Waals surface area contributed by atoms with E-state index in [0.717, 1.165) is 35.6 Å². The van der Waals surface area contributed by atoms with Crippen LogP contribution < -0.4 is 53.6 Å². The summed E-state index contributed by atoms with van der Waals surface area (Å²) in [5, 5.41) is 29.9. The highest BCUT2D eigenvalue weighted by atomic mass is 16.2. The molecule has 7 rings (SSSR count). The summed E-state index contributed by atoms with van der Waals surface area (Å²) in [6.45, 7) is 7.14. The van der Waals surface area contributed by atoms with E-state index in [1.54, 1.807) is 0 Å². The number of carbonyl (C=O) groups is 8. The minimum absolute atomic E-state index is 0.000298. The third kappa shape index (κ3) is 13.6. The molecule has 5 aliphatic rings. The van der Waals surface area contributed by atoms with Crippen molar-refractivity contribution in [2.75, 3.05) is 32.7 Å². The van der Waals surface area contributed by atoms with Gasteiger partial charge >= 0.3 is 0 Å². The summed E-state index contributed by atoms with van der Waals surface area (Å²) in [7, 11) is 0. The molecule has 18 nitrogen and oxygen atoms in total. The Labute approximate surface area is 405 Å². The van der Waals surface area contributed by atoms with Crippen LogP contribution >= 0.6 is 0 Å². The Bertz CT molecular complexity index is 2210. The standard InChI is InChI=1S/C51H74N10O8/c1-28(2)19-33(47(65)60-44-27-54-25-39(44)51(69)59-42-16-8-13-37(42)50(68)61-43-26-53-24-38(43)46(52)64)23-55-48(66)35-11-6-15-41(35)58-45(63)22-34(21-30-17-18-31-9-4-5-10-32(31)20-30)57-49(67)36-12-7-14-40(36)56-29(3)62/h4-5,9-10,17-18,20,28,33-44,53-54H,6-8,11-16,19,21-27H2,1-3H3,(H2,52,64)(H,55,66)(H,56,62)(H,57,67)(H,58,63)(H,59,69)(H,60,65)(H,61,68)/t33-,34-,35-,36-,37-,38-,39-,40-,41-,42-,43-,44-/m0/s1. The number of carbonyl (C=O) groups excluding carboxylic acids is 8. The lowest BCUT2D eigenvalue weighted by atomic mass is 9.93. The molecule has 11 N–H and O–H groups in total. The Kier molecular flexibility index (Phi) is 17.7. The number of rotatable bonds is 20. The molecule has 0 spiro atoms. The highest BCUT2D eigenvalue weighted by molar-refractivity contribution is 5.88. The molecule has 12 atom stereocenters. The molecule has 2 saturated heterocycles. The zero-order valence-corrected chi connectivity index (χ0v) is 40.4. The summed E-state index contributed by atoms with van der Waals surface area (Å²) in [6.07, 6.45) is 7.01. The van der Waals surface area contributed by atoms with Crippen molar-refractivity contribution in [2.45, 2.75) is 134 Å². The van der Waals surface area contributed by atoms with Gasteiger partial charge in [0.1, 0.15) is 0 Å². The van der Waals surface area contributed by atoms with Gasteiger partial charge in [0.2, 0.25) is 47.3 Å². The molecule has 5 fully saturated rings. The van der Waals surface area contributed by atoms with Crippen LogP contribution in [0.1, 0.15) is 97.0 Å². The van der Waals surface area contributed by atoms with Crippen molar-refractivity contribution in [3.63, 3.8) is 0 Å². The SMILES string of the molecule is CC(=O)N[C@H]1CCC[C@@H]1C(=O)N[C@H](CC(=O)N[C@H]1CCC[C@@H]1C(=O)NC[C@H](CC(C)C)C(=O)N[C@H]1CNC[C@@H]1C(=O)N[C@H]1CCC[C@@H]1C(=O)N[C@H]1CNC[C@@H]1C(N)=O)Cc1ccc2ccccc2c1. The van der Waals surface area contributed by atoms with Gasteiger partial charge in [-0.25, -0.2) is 0 Å². The maximum atomic E-state index is 14.0. The minimum atomic E-state index is -0.575. The van der Waals surface area contributed by atoms with Crippen molar-refractivity contribution >= 4 is 58.0 Å². The number of benzene rings is 2. The first kappa shape index (κ1) is 51.2. The molecule has 0 unspecified atom stereocenters. The molecule has 2 heterocycles. The highest BCUT2D eigenvalue weighted by Crippen LogP contribution is 2.30. The van der Waals surface area contributed by atoms with E-state index in [4.69, 9.17) is 5.73 Å². The van der Waals surface area contributed by atoms with E-state index in [1.165, 1.54) is 6.92 Å². The predicted molar refractivity (Wildman–Crippen MR) is 259 cm³/mol. The number of fused-ring (bicyclic) bond motifs is 1. The number of amides is 8. The van der Waals surface area contributed by atoms with Gasteiger partial charge < -0.3 is 53.6 Å². The fourth-order valence-electron chi connectivity index (χ4n) is 11.5. The molecule has 2 aromatic carbocycles. The zero-order chi connectivity index (χ0) is 49.2. The first-order valence-corrected chi connectivity index (χ1v) is 25.4. The summed E-state index contributed by atoms with van der Waals surface area (Å²) >= 11 is 0. The minimum Gasteiger partial charge on any atom is -0.369 e. The quantitative estimate of drug-likeness (QED) is 0.0893. The van der Waals surface area contributed by atoms with E-state index in [2.05, 4.69) is 53.9 Å². The van der Waals surface area contributed by atoms with Gasteiger partial charge in [0.15, 0.2) is 0 Å². The van der Waals surface area contributed by atoms with Crippen molar-refractivity contribution in [3.8, 4) is 0 Å². The average Bonchev–Trinajstić information content (AvgIpc) is 4.17. The van der Waals surface area contributed by atoms with Gasteiger partial charge in [0.25, 0.3) is 0 Å². The molecular weight excluding hydrogens is 881 g/mol. The molecule has 2 aromatic rings. The van der Waals surface area contributed by atoms with Crippen LogP contribution in [0.5, 0.6) is 0 Å². The molecule has 0 bridgehead atoms. The smallest absolute Gasteiger partial charge is 0.226 e. The number of nitrogens with one attached hydrogen (secondary N) is 9. The van der Waals surface area contributed by atoms with Crippen LogP contribution in [0.2, 0.25) is 0 Å². The van der Waals surface area contributed by atoms with E-state index in [9.17, 15) is 38.4 Å². The maximum absolute atomic E-state index is 14.0. The lowest BCUT2D eigenvalue weighted by Crippen LogP contribution is -2.53. The second-order valence-corrected chi connectivity index (χ2v) is 20.7. The van der Waals surface area contributed by atoms with Crippen molar-refractivity contribution in [1.29, 1.82) is 0 Å². The van der Waals surface area contributed by atoms with Crippen LogP contribution in [-0.2, 0) is 44.8 Å². The van der Waals surface area contributed by atoms with Gasteiger partial charge in [0, 0.05) is 70.2 Å². The first-order chi connectivity index (χ1) is 33.1. The van der Waals surface area contributed by atoms with Gasteiger partial charge in [-0.15, -0.1) is 0 Å². The van der Waals surface area contributed by atoms with Gasteiger partial charge in [0.05, 0.1) is 47.6 Å². The van der Waals surface area contributed by atoms with Crippen molar-refractivity contribution < 1.29 is 38.4 Å². The fourth-order valence-corrected chi connectivity index (χ4v) is 11.5. The zero-order valence-electron chi connectivity index (χ0n) is 40.4. The van der Waals surface area contributed by atoms with Crippen LogP contribution in [0.25, 0.3) is 10.8 Å². The molecule has 0 aromatic heterocycles. The van der Waals surface area contributed by atoms with E-state index in [1.807, 2.05) is 50.2 Å². The Morgan fingerprint density at radius 3 is 1.83 bits per heavy atom. The normalized spacial score (nSPS) is 28.4.